The van der Waals surface area contributed by atoms with E-state index in [9.17, 15) is 0 Å². The maximum absolute atomic E-state index is 3.98. The van der Waals surface area contributed by atoms with Gasteiger partial charge in [-0.3, -0.25) is 0 Å². The lowest BCUT2D eigenvalue weighted by Gasteiger charge is -2.10. The molecule has 0 spiro atoms. The molecule has 0 unspecified atom stereocenters. The number of rotatable bonds is 6. The van der Waals surface area contributed by atoms with Gasteiger partial charge in [-0.15, -0.1) is 0 Å². The smallest absolute Gasteiger partial charge is 0.0955 e. The molecule has 21 heavy (non-hydrogen) atoms. The largest absolute Gasteiger partial charge is 0.172 e. The van der Waals surface area contributed by atoms with Gasteiger partial charge in [0.1, 0.15) is 0 Å². The van der Waals surface area contributed by atoms with Crippen molar-refractivity contribution in [1.82, 2.24) is 0 Å². The van der Waals surface area contributed by atoms with Crippen molar-refractivity contribution in [2.45, 2.75) is 39.8 Å². The topological polar surface area (TPSA) is 0 Å². The van der Waals surface area contributed by atoms with Gasteiger partial charge >= 0.3 is 0 Å². The SMILES string of the molecule is C=C(C)c1ccc(-c2ccc(B(C)CCCC)cc2)cc1. The Morgan fingerprint density at radius 2 is 1.48 bits per heavy atom. The molecule has 0 heterocycles. The molecule has 0 aromatic heterocycles. The third-order valence-electron chi connectivity index (χ3n) is 4.18. The molecule has 0 bridgehead atoms. The van der Waals surface area contributed by atoms with Crippen LogP contribution in [0.3, 0.4) is 0 Å². The molecule has 0 radical (unpaired) electrons. The second kappa shape index (κ2) is 7.31. The van der Waals surface area contributed by atoms with Crippen LogP contribution in [-0.2, 0) is 0 Å². The Labute approximate surface area is 130 Å². The maximum Gasteiger partial charge on any atom is 0.172 e. The summed E-state index contributed by atoms with van der Waals surface area (Å²) in [6.45, 7) is 11.3. The van der Waals surface area contributed by atoms with Crippen molar-refractivity contribution < 1.29 is 0 Å². The average Bonchev–Trinajstić information content (AvgIpc) is 2.53. The summed E-state index contributed by atoms with van der Waals surface area (Å²) in [5.74, 6) is 0. The molecule has 0 saturated carbocycles. The summed E-state index contributed by atoms with van der Waals surface area (Å²) in [6, 6.07) is 17.7. The first kappa shape index (κ1) is 15.6. The van der Waals surface area contributed by atoms with E-state index in [-0.39, 0.29) is 0 Å². The summed E-state index contributed by atoms with van der Waals surface area (Å²) in [6.07, 6.45) is 3.87. The zero-order chi connectivity index (χ0) is 15.2. The molecule has 108 valence electrons. The molecule has 2 aromatic rings. The lowest BCUT2D eigenvalue weighted by Crippen LogP contribution is -2.25. The fraction of sp³-hybridized carbons (Fsp3) is 0.300. The fourth-order valence-electron chi connectivity index (χ4n) is 2.63. The molecule has 0 atom stereocenters. The van der Waals surface area contributed by atoms with E-state index in [2.05, 4.69) is 68.9 Å². The van der Waals surface area contributed by atoms with Crippen LogP contribution in [0, 0.1) is 0 Å². The van der Waals surface area contributed by atoms with Crippen LogP contribution in [0.25, 0.3) is 16.7 Å². The van der Waals surface area contributed by atoms with Gasteiger partial charge in [0.15, 0.2) is 6.71 Å². The van der Waals surface area contributed by atoms with Crippen molar-refractivity contribution in [3.8, 4) is 11.1 Å². The summed E-state index contributed by atoms with van der Waals surface area (Å²) >= 11 is 0. The molecule has 0 N–H and O–H groups in total. The standard InChI is InChI=1S/C20H25B/c1-5-6-15-21(4)20-13-11-19(12-14-20)18-9-7-17(8-10-18)16(2)3/h7-14H,2,5-6,15H2,1,3-4H3. The van der Waals surface area contributed by atoms with Gasteiger partial charge in [0, 0.05) is 0 Å². The quantitative estimate of drug-likeness (QED) is 0.609. The first-order valence-electron chi connectivity index (χ1n) is 7.98. The first-order chi connectivity index (χ1) is 10.1. The van der Waals surface area contributed by atoms with Crippen LogP contribution in [0.15, 0.2) is 55.1 Å². The Hall–Kier alpha value is -1.76. The zero-order valence-electron chi connectivity index (χ0n) is 13.5. The second-order valence-electron chi connectivity index (χ2n) is 6.02. The van der Waals surface area contributed by atoms with Crippen LogP contribution in [0.4, 0.5) is 0 Å². The van der Waals surface area contributed by atoms with Gasteiger partial charge in [-0.2, -0.15) is 0 Å². The van der Waals surface area contributed by atoms with Gasteiger partial charge in [-0.05, 0) is 23.6 Å². The summed E-state index contributed by atoms with van der Waals surface area (Å²) in [7, 11) is 0. The first-order valence-corrected chi connectivity index (χ1v) is 7.98. The molecule has 0 amide bonds. The Bertz CT molecular complexity index is 578. The third-order valence-corrected chi connectivity index (χ3v) is 4.18. The Morgan fingerprint density at radius 1 is 0.952 bits per heavy atom. The van der Waals surface area contributed by atoms with E-state index in [4.69, 9.17) is 0 Å². The summed E-state index contributed by atoms with van der Waals surface area (Å²) in [5, 5.41) is 0. The van der Waals surface area contributed by atoms with Crippen LogP contribution < -0.4 is 5.46 Å². The van der Waals surface area contributed by atoms with E-state index in [1.54, 1.807) is 0 Å². The lowest BCUT2D eigenvalue weighted by molar-refractivity contribution is 0.876. The van der Waals surface area contributed by atoms with Gasteiger partial charge in [0.25, 0.3) is 0 Å². The minimum atomic E-state index is 0.657. The molecule has 0 saturated heterocycles. The zero-order valence-corrected chi connectivity index (χ0v) is 13.5. The van der Waals surface area contributed by atoms with Crippen molar-refractivity contribution in [1.29, 1.82) is 0 Å². The number of hydrogen-bond acceptors (Lipinski definition) is 0. The fourth-order valence-corrected chi connectivity index (χ4v) is 2.63. The monoisotopic (exact) mass is 276 g/mol. The molecule has 0 aliphatic rings. The average molecular weight is 276 g/mol. The third kappa shape index (κ3) is 4.11. The highest BCUT2D eigenvalue weighted by atomic mass is 14.0. The van der Waals surface area contributed by atoms with Crippen LogP contribution in [0.2, 0.25) is 13.1 Å². The van der Waals surface area contributed by atoms with E-state index in [0.717, 1.165) is 5.57 Å². The number of benzene rings is 2. The van der Waals surface area contributed by atoms with Gasteiger partial charge < -0.3 is 0 Å². The van der Waals surface area contributed by atoms with Crippen molar-refractivity contribution in [3.63, 3.8) is 0 Å². The molecule has 0 fully saturated rings. The molecule has 2 aromatic carbocycles. The highest BCUT2D eigenvalue weighted by Gasteiger charge is 2.09. The molecule has 0 aliphatic carbocycles. The Kier molecular flexibility index (Phi) is 5.44. The Morgan fingerprint density at radius 3 is 1.95 bits per heavy atom. The highest BCUT2D eigenvalue weighted by Crippen LogP contribution is 2.21. The van der Waals surface area contributed by atoms with Gasteiger partial charge in [0.2, 0.25) is 0 Å². The van der Waals surface area contributed by atoms with E-state index in [0.29, 0.717) is 6.71 Å². The maximum atomic E-state index is 3.98. The van der Waals surface area contributed by atoms with Crippen LogP contribution in [0.1, 0.15) is 32.3 Å². The minimum Gasteiger partial charge on any atom is -0.0955 e. The predicted octanol–water partition coefficient (Wildman–Crippen LogP) is 5.52. The molecular formula is C20H25B. The number of allylic oxidation sites excluding steroid dienone is 1. The van der Waals surface area contributed by atoms with Gasteiger partial charge in [-0.1, -0.05) is 99.1 Å². The minimum absolute atomic E-state index is 0.657. The van der Waals surface area contributed by atoms with Crippen LogP contribution >= 0.6 is 0 Å². The summed E-state index contributed by atoms with van der Waals surface area (Å²) < 4.78 is 0. The normalized spacial score (nSPS) is 10.4. The van der Waals surface area contributed by atoms with E-state index >= 15 is 0 Å². The highest BCUT2D eigenvalue weighted by molar-refractivity contribution is 6.72. The van der Waals surface area contributed by atoms with Crippen molar-refractivity contribution in [2.75, 3.05) is 0 Å². The number of hydrogen-bond donors (Lipinski definition) is 0. The van der Waals surface area contributed by atoms with E-state index in [1.807, 2.05) is 6.92 Å². The van der Waals surface area contributed by atoms with Crippen molar-refractivity contribution in [3.05, 3.63) is 60.7 Å². The number of unbranched alkanes of at least 4 members (excludes halogenated alkanes) is 1. The summed E-state index contributed by atoms with van der Waals surface area (Å²) in [4.78, 5) is 0. The molecule has 2 rings (SSSR count). The molecule has 0 aliphatic heterocycles. The van der Waals surface area contributed by atoms with Gasteiger partial charge in [-0.25, -0.2) is 0 Å². The van der Waals surface area contributed by atoms with Crippen molar-refractivity contribution in [2.24, 2.45) is 0 Å². The molecule has 1 heteroatoms. The molecular weight excluding hydrogens is 251 g/mol. The van der Waals surface area contributed by atoms with Crippen molar-refractivity contribution >= 4 is 17.7 Å². The van der Waals surface area contributed by atoms with E-state index < -0.39 is 0 Å². The van der Waals surface area contributed by atoms with Gasteiger partial charge in [0.05, 0.1) is 0 Å². The lowest BCUT2D eigenvalue weighted by atomic mass is 9.44. The Balaban J connectivity index is 2.13. The summed E-state index contributed by atoms with van der Waals surface area (Å²) in [5.41, 5.74) is 6.33. The van der Waals surface area contributed by atoms with Crippen LogP contribution in [0.5, 0.6) is 0 Å². The van der Waals surface area contributed by atoms with E-state index in [1.165, 1.54) is 41.3 Å². The second-order valence-corrected chi connectivity index (χ2v) is 6.02. The predicted molar refractivity (Wildman–Crippen MR) is 97.6 cm³/mol. The van der Waals surface area contributed by atoms with Crippen LogP contribution in [-0.4, -0.2) is 6.71 Å². The molecule has 0 nitrogen and oxygen atoms in total.